The molecule has 1 N–H and O–H groups in total. The molecule has 1 aromatic carbocycles. The summed E-state index contributed by atoms with van der Waals surface area (Å²) in [6.07, 6.45) is 1.21. The summed E-state index contributed by atoms with van der Waals surface area (Å²) in [6, 6.07) is 6.91. The molecule has 0 aromatic heterocycles. The lowest BCUT2D eigenvalue weighted by Gasteiger charge is -2.36. The van der Waals surface area contributed by atoms with Crippen LogP contribution in [0.5, 0.6) is 5.75 Å². The van der Waals surface area contributed by atoms with Gasteiger partial charge in [-0.1, -0.05) is 0 Å². The van der Waals surface area contributed by atoms with Crippen molar-refractivity contribution in [3.63, 3.8) is 0 Å². The van der Waals surface area contributed by atoms with Crippen molar-refractivity contribution >= 4 is 21.6 Å². The maximum atomic E-state index is 12.4. The van der Waals surface area contributed by atoms with Crippen molar-refractivity contribution in [2.75, 3.05) is 44.4 Å². The van der Waals surface area contributed by atoms with E-state index in [9.17, 15) is 13.2 Å². The average molecular weight is 355 g/mol. The number of anilines is 1. The number of hydrogen-bond acceptors (Lipinski definition) is 5. The van der Waals surface area contributed by atoms with Gasteiger partial charge in [-0.3, -0.25) is 9.69 Å². The zero-order chi connectivity index (χ0) is 17.7. The standard InChI is InChI=1S/C16H25N3O4S/c1-4-23-15-7-5-14(6-8-15)17-16(20)13(2)18-9-11-19(12-10-18)24(3,21)22/h5-8,13H,4,9-12H2,1-3H3,(H,17,20)/t13-/m1/s1. The molecule has 8 heteroatoms. The first-order valence-corrected chi connectivity index (χ1v) is 9.89. The van der Waals surface area contributed by atoms with Gasteiger partial charge in [0.25, 0.3) is 0 Å². The van der Waals surface area contributed by atoms with Gasteiger partial charge in [-0.2, -0.15) is 4.31 Å². The molecule has 0 unspecified atom stereocenters. The highest BCUT2D eigenvalue weighted by atomic mass is 32.2. The van der Waals surface area contributed by atoms with E-state index in [1.54, 1.807) is 12.1 Å². The molecule has 0 spiro atoms. The van der Waals surface area contributed by atoms with Crippen molar-refractivity contribution in [3.8, 4) is 5.75 Å². The maximum Gasteiger partial charge on any atom is 0.241 e. The Morgan fingerprint density at radius 1 is 1.21 bits per heavy atom. The van der Waals surface area contributed by atoms with E-state index in [1.807, 2.05) is 30.9 Å². The molecule has 1 aromatic rings. The highest BCUT2D eigenvalue weighted by Gasteiger charge is 2.28. The Balaban J connectivity index is 1.88. The second-order valence-electron chi connectivity index (χ2n) is 5.82. The van der Waals surface area contributed by atoms with Crippen molar-refractivity contribution < 1.29 is 17.9 Å². The molecular formula is C16H25N3O4S. The summed E-state index contributed by atoms with van der Waals surface area (Å²) < 4.78 is 29.9. The van der Waals surface area contributed by atoms with Crippen LogP contribution in [-0.4, -0.2) is 68.6 Å². The van der Waals surface area contributed by atoms with Crippen LogP contribution in [0.4, 0.5) is 5.69 Å². The molecule has 134 valence electrons. The Labute approximate surface area is 143 Å². The third-order valence-electron chi connectivity index (χ3n) is 4.10. The molecule has 1 saturated heterocycles. The molecule has 1 fully saturated rings. The third kappa shape index (κ3) is 4.93. The number of sulfonamides is 1. The van der Waals surface area contributed by atoms with Crippen LogP contribution in [0, 0.1) is 0 Å². The quantitative estimate of drug-likeness (QED) is 0.823. The fraction of sp³-hybridized carbons (Fsp3) is 0.562. The van der Waals surface area contributed by atoms with Gasteiger partial charge in [0.05, 0.1) is 18.9 Å². The first-order chi connectivity index (χ1) is 11.3. The van der Waals surface area contributed by atoms with Crippen molar-refractivity contribution in [1.82, 2.24) is 9.21 Å². The molecular weight excluding hydrogens is 330 g/mol. The Bertz CT molecular complexity index is 652. The van der Waals surface area contributed by atoms with E-state index in [0.717, 1.165) is 5.75 Å². The number of hydrogen-bond donors (Lipinski definition) is 1. The van der Waals surface area contributed by atoms with Gasteiger partial charge in [-0.05, 0) is 38.1 Å². The second-order valence-corrected chi connectivity index (χ2v) is 7.80. The number of nitrogens with one attached hydrogen (secondary N) is 1. The van der Waals surface area contributed by atoms with Gasteiger partial charge in [0.2, 0.25) is 15.9 Å². The number of amides is 1. The van der Waals surface area contributed by atoms with Gasteiger partial charge in [0, 0.05) is 31.9 Å². The molecule has 0 radical (unpaired) electrons. The average Bonchev–Trinajstić information content (AvgIpc) is 2.55. The van der Waals surface area contributed by atoms with Crippen LogP contribution in [0.3, 0.4) is 0 Å². The first kappa shape index (κ1) is 18.7. The minimum absolute atomic E-state index is 0.105. The number of benzene rings is 1. The lowest BCUT2D eigenvalue weighted by Crippen LogP contribution is -2.53. The van der Waals surface area contributed by atoms with Crippen molar-refractivity contribution in [3.05, 3.63) is 24.3 Å². The van der Waals surface area contributed by atoms with Crippen LogP contribution in [-0.2, 0) is 14.8 Å². The fourth-order valence-electron chi connectivity index (χ4n) is 2.64. The van der Waals surface area contributed by atoms with Crippen molar-refractivity contribution in [2.45, 2.75) is 19.9 Å². The molecule has 1 aliphatic rings. The largest absolute Gasteiger partial charge is 0.494 e. The zero-order valence-electron chi connectivity index (χ0n) is 14.4. The summed E-state index contributed by atoms with van der Waals surface area (Å²) >= 11 is 0. The van der Waals surface area contributed by atoms with Gasteiger partial charge < -0.3 is 10.1 Å². The lowest BCUT2D eigenvalue weighted by molar-refractivity contribution is -0.121. The maximum absolute atomic E-state index is 12.4. The SMILES string of the molecule is CCOc1ccc(NC(=O)[C@@H](C)N2CCN(S(C)(=O)=O)CC2)cc1. The van der Waals surface area contributed by atoms with E-state index in [2.05, 4.69) is 5.32 Å². The summed E-state index contributed by atoms with van der Waals surface area (Å²) in [5.74, 6) is 0.660. The topological polar surface area (TPSA) is 79.0 Å². The summed E-state index contributed by atoms with van der Waals surface area (Å²) in [5.41, 5.74) is 0.713. The Kier molecular flexibility index (Phi) is 6.20. The van der Waals surface area contributed by atoms with Crippen molar-refractivity contribution in [1.29, 1.82) is 0 Å². The third-order valence-corrected chi connectivity index (χ3v) is 5.41. The molecule has 0 saturated carbocycles. The van der Waals surface area contributed by atoms with Gasteiger partial charge in [0.1, 0.15) is 5.75 Å². The van der Waals surface area contributed by atoms with Crippen molar-refractivity contribution in [2.24, 2.45) is 0 Å². The second kappa shape index (κ2) is 7.96. The van der Waals surface area contributed by atoms with Crippen LogP contribution in [0.1, 0.15) is 13.8 Å². The molecule has 7 nitrogen and oxygen atoms in total. The van der Waals surface area contributed by atoms with Gasteiger partial charge in [0.15, 0.2) is 0 Å². The summed E-state index contributed by atoms with van der Waals surface area (Å²) in [6.45, 7) is 6.28. The van der Waals surface area contributed by atoms with E-state index in [-0.39, 0.29) is 11.9 Å². The predicted octanol–water partition coefficient (Wildman–Crippen LogP) is 0.989. The fourth-order valence-corrected chi connectivity index (χ4v) is 3.46. The Morgan fingerprint density at radius 3 is 2.29 bits per heavy atom. The van der Waals surface area contributed by atoms with Gasteiger partial charge in [-0.15, -0.1) is 0 Å². The zero-order valence-corrected chi connectivity index (χ0v) is 15.2. The first-order valence-electron chi connectivity index (χ1n) is 8.04. The molecule has 1 atom stereocenters. The van der Waals surface area contributed by atoms with E-state index in [1.165, 1.54) is 10.6 Å². The summed E-state index contributed by atoms with van der Waals surface area (Å²) in [4.78, 5) is 14.4. The molecule has 2 rings (SSSR count). The van der Waals surface area contributed by atoms with E-state index in [0.29, 0.717) is 38.5 Å². The monoisotopic (exact) mass is 355 g/mol. The smallest absolute Gasteiger partial charge is 0.241 e. The van der Waals surface area contributed by atoms with E-state index in [4.69, 9.17) is 4.74 Å². The van der Waals surface area contributed by atoms with E-state index >= 15 is 0 Å². The van der Waals surface area contributed by atoms with E-state index < -0.39 is 10.0 Å². The number of piperazine rings is 1. The van der Waals surface area contributed by atoms with Gasteiger partial charge in [-0.25, -0.2) is 8.42 Å². The summed E-state index contributed by atoms with van der Waals surface area (Å²) in [5, 5.41) is 2.88. The highest BCUT2D eigenvalue weighted by molar-refractivity contribution is 7.88. The number of rotatable bonds is 6. The van der Waals surface area contributed by atoms with Crippen LogP contribution >= 0.6 is 0 Å². The minimum Gasteiger partial charge on any atom is -0.494 e. The molecule has 1 amide bonds. The van der Waals surface area contributed by atoms with Crippen LogP contribution in [0.15, 0.2) is 24.3 Å². The molecule has 1 heterocycles. The minimum atomic E-state index is -3.16. The van der Waals surface area contributed by atoms with Crippen LogP contribution in [0.2, 0.25) is 0 Å². The molecule has 0 bridgehead atoms. The number of nitrogens with zero attached hydrogens (tertiary/aromatic N) is 2. The Morgan fingerprint density at radius 2 is 1.79 bits per heavy atom. The summed E-state index contributed by atoms with van der Waals surface area (Å²) in [7, 11) is -3.16. The predicted molar refractivity (Wildman–Crippen MR) is 93.7 cm³/mol. The molecule has 24 heavy (non-hydrogen) atoms. The van der Waals surface area contributed by atoms with Crippen LogP contribution in [0.25, 0.3) is 0 Å². The lowest BCUT2D eigenvalue weighted by atomic mass is 10.2. The molecule has 0 aliphatic carbocycles. The number of carbonyl (C=O) groups is 1. The van der Waals surface area contributed by atoms with Crippen LogP contribution < -0.4 is 10.1 Å². The highest BCUT2D eigenvalue weighted by Crippen LogP contribution is 2.17. The Hall–Kier alpha value is -1.64. The molecule has 1 aliphatic heterocycles. The number of carbonyl (C=O) groups excluding carboxylic acids is 1. The normalized spacial score (nSPS) is 18.1. The van der Waals surface area contributed by atoms with Gasteiger partial charge >= 0.3 is 0 Å². The number of ether oxygens (including phenoxy) is 1.